The molecule has 0 amide bonds. The van der Waals surface area contributed by atoms with Gasteiger partial charge in [-0.1, -0.05) is 105 Å². The van der Waals surface area contributed by atoms with Crippen LogP contribution < -0.4 is 0 Å². The van der Waals surface area contributed by atoms with Crippen LogP contribution in [0.1, 0.15) is 43.0 Å². The largest absolute Gasteiger partial charge is 0.0683 e. The lowest BCUT2D eigenvalue weighted by Gasteiger charge is -2.07. The average Bonchev–Trinajstić information content (AvgIpc) is 2.74. The third kappa shape index (κ3) is 4.28. The van der Waals surface area contributed by atoms with Crippen molar-refractivity contribution in [3.8, 4) is 0 Å². The van der Waals surface area contributed by atoms with E-state index in [0.29, 0.717) is 0 Å². The van der Waals surface area contributed by atoms with Crippen LogP contribution >= 0.6 is 0 Å². The maximum Gasteiger partial charge on any atom is -0.0105 e. The van der Waals surface area contributed by atoms with E-state index in [1.165, 1.54) is 43.8 Å². The molecule has 0 aliphatic rings. The summed E-state index contributed by atoms with van der Waals surface area (Å²) in [6, 6.07) is 26.6. The Morgan fingerprint density at radius 2 is 1.19 bits per heavy atom. The Morgan fingerprint density at radius 3 is 1.85 bits per heavy atom. The van der Waals surface area contributed by atoms with Gasteiger partial charge in [0.05, 0.1) is 0 Å². The molecule has 0 fully saturated rings. The Hall–Kier alpha value is -2.86. The Bertz CT molecular complexity index is 1070. The molecule has 0 saturated heterocycles. The molecule has 0 bridgehead atoms. The van der Waals surface area contributed by atoms with E-state index in [1.807, 2.05) is 13.8 Å². The lowest BCUT2D eigenvalue weighted by atomic mass is 9.98. The predicted molar refractivity (Wildman–Crippen MR) is 122 cm³/mol. The van der Waals surface area contributed by atoms with Crippen LogP contribution in [0.25, 0.3) is 33.7 Å². The van der Waals surface area contributed by atoms with Crippen molar-refractivity contribution < 1.29 is 0 Å². The molecule has 0 heterocycles. The number of aryl methyl sites for hydroxylation is 2. The van der Waals surface area contributed by atoms with E-state index in [-0.39, 0.29) is 0 Å². The van der Waals surface area contributed by atoms with Crippen molar-refractivity contribution in [2.45, 2.75) is 34.1 Å². The zero-order chi connectivity index (χ0) is 19.2. The summed E-state index contributed by atoms with van der Waals surface area (Å²) in [5, 5.41) is 5.29. The Morgan fingerprint density at radius 1 is 0.630 bits per heavy atom. The van der Waals surface area contributed by atoms with Crippen molar-refractivity contribution in [2.24, 2.45) is 0 Å². The van der Waals surface area contributed by atoms with Crippen LogP contribution in [0.4, 0.5) is 0 Å². The van der Waals surface area contributed by atoms with Gasteiger partial charge in [0, 0.05) is 0 Å². The second kappa shape index (κ2) is 8.68. The van der Waals surface area contributed by atoms with E-state index < -0.39 is 0 Å². The zero-order valence-corrected chi connectivity index (χ0v) is 16.8. The van der Waals surface area contributed by atoms with Crippen molar-refractivity contribution in [1.29, 1.82) is 0 Å². The van der Waals surface area contributed by atoms with Crippen LogP contribution in [0.5, 0.6) is 0 Å². The van der Waals surface area contributed by atoms with Crippen molar-refractivity contribution >= 4 is 33.7 Å². The van der Waals surface area contributed by atoms with Crippen LogP contribution in [0, 0.1) is 6.92 Å². The molecule has 0 nitrogen and oxygen atoms in total. The van der Waals surface area contributed by atoms with Crippen LogP contribution in [0.2, 0.25) is 0 Å². The number of fused-ring (bicyclic) bond motifs is 3. The minimum Gasteiger partial charge on any atom is -0.0683 e. The van der Waals surface area contributed by atoms with Crippen molar-refractivity contribution in [3.63, 3.8) is 0 Å². The second-order valence-corrected chi connectivity index (χ2v) is 6.70. The minimum absolute atomic E-state index is 1.08. The quantitative estimate of drug-likeness (QED) is 0.258. The second-order valence-electron chi connectivity index (χ2n) is 6.70. The lowest BCUT2D eigenvalue weighted by molar-refractivity contribution is 1.15. The summed E-state index contributed by atoms with van der Waals surface area (Å²) in [6.45, 7) is 8.32. The highest BCUT2D eigenvalue weighted by Crippen LogP contribution is 2.27. The third-order valence-corrected chi connectivity index (χ3v) is 4.88. The van der Waals surface area contributed by atoms with E-state index in [2.05, 4.69) is 98.8 Å². The summed E-state index contributed by atoms with van der Waals surface area (Å²) in [5.74, 6) is 0. The molecular formula is C27H28. The van der Waals surface area contributed by atoms with E-state index in [4.69, 9.17) is 0 Å². The number of hydrogen-bond acceptors (Lipinski definition) is 0. The molecule has 136 valence electrons. The Kier molecular flexibility index (Phi) is 6.08. The van der Waals surface area contributed by atoms with Gasteiger partial charge < -0.3 is 0 Å². The van der Waals surface area contributed by atoms with Crippen molar-refractivity contribution in [3.05, 3.63) is 95.1 Å². The number of rotatable bonds is 3. The smallest absolute Gasteiger partial charge is 0.0105 e. The van der Waals surface area contributed by atoms with Crippen LogP contribution in [0.3, 0.4) is 0 Å². The number of benzene rings is 4. The molecular weight excluding hydrogens is 324 g/mol. The molecule has 0 N–H and O–H groups in total. The summed E-state index contributed by atoms with van der Waals surface area (Å²) < 4.78 is 0. The topological polar surface area (TPSA) is 0 Å². The van der Waals surface area contributed by atoms with Gasteiger partial charge in [0.25, 0.3) is 0 Å². The zero-order valence-electron chi connectivity index (χ0n) is 16.8. The first kappa shape index (κ1) is 18.9. The molecule has 0 aromatic heterocycles. The summed E-state index contributed by atoms with van der Waals surface area (Å²) in [6.07, 6.45) is 5.44. The van der Waals surface area contributed by atoms with Gasteiger partial charge in [-0.3, -0.25) is 0 Å². The van der Waals surface area contributed by atoms with E-state index in [0.717, 1.165) is 6.42 Å². The Labute approximate surface area is 163 Å². The molecule has 0 spiro atoms. The predicted octanol–water partition coefficient (Wildman–Crippen LogP) is 8.06. The van der Waals surface area contributed by atoms with E-state index in [1.54, 1.807) is 0 Å². The molecule has 0 saturated carbocycles. The maximum atomic E-state index is 2.31. The van der Waals surface area contributed by atoms with Crippen LogP contribution in [-0.2, 0) is 6.42 Å². The average molecular weight is 353 g/mol. The van der Waals surface area contributed by atoms with Gasteiger partial charge in [-0.25, -0.2) is 0 Å². The van der Waals surface area contributed by atoms with Gasteiger partial charge in [0.15, 0.2) is 0 Å². The van der Waals surface area contributed by atoms with Gasteiger partial charge >= 0.3 is 0 Å². The van der Waals surface area contributed by atoms with E-state index >= 15 is 0 Å². The molecule has 0 unspecified atom stereocenters. The molecule has 27 heavy (non-hydrogen) atoms. The van der Waals surface area contributed by atoms with Gasteiger partial charge in [0.2, 0.25) is 0 Å². The Balaban J connectivity index is 0.00000102. The summed E-state index contributed by atoms with van der Waals surface area (Å²) >= 11 is 0. The highest BCUT2D eigenvalue weighted by molar-refractivity contribution is 6.08. The van der Waals surface area contributed by atoms with Crippen LogP contribution in [0.15, 0.2) is 72.8 Å². The molecule has 4 aromatic rings. The molecule has 0 radical (unpaired) electrons. The maximum absolute atomic E-state index is 2.31. The standard InChI is InChI=1S/C25H22.C2H6/c1-3-19-10-14-24-22(16-19)12-13-23-17-21(11-15-25(23)24)9-8-20-6-4-18(2)5-7-20;1-2/h4-17H,3H2,1-2H3;1-2H3. The van der Waals surface area contributed by atoms with Crippen LogP contribution in [-0.4, -0.2) is 0 Å². The molecule has 0 aliphatic heterocycles. The molecule has 4 aromatic carbocycles. The fourth-order valence-corrected chi connectivity index (χ4v) is 3.33. The summed E-state index contributed by atoms with van der Waals surface area (Å²) in [4.78, 5) is 0. The minimum atomic E-state index is 1.08. The third-order valence-electron chi connectivity index (χ3n) is 4.88. The van der Waals surface area contributed by atoms with Gasteiger partial charge in [-0.15, -0.1) is 0 Å². The summed E-state index contributed by atoms with van der Waals surface area (Å²) in [5.41, 5.74) is 5.15. The highest BCUT2D eigenvalue weighted by Gasteiger charge is 2.02. The monoisotopic (exact) mass is 352 g/mol. The first-order valence-corrected chi connectivity index (χ1v) is 9.93. The van der Waals surface area contributed by atoms with Gasteiger partial charge in [-0.05, 0) is 57.6 Å². The van der Waals surface area contributed by atoms with Crippen molar-refractivity contribution in [2.75, 3.05) is 0 Å². The first-order valence-electron chi connectivity index (χ1n) is 9.93. The molecule has 4 rings (SSSR count). The van der Waals surface area contributed by atoms with Crippen molar-refractivity contribution in [1.82, 2.24) is 0 Å². The fraction of sp³-hybridized carbons (Fsp3) is 0.185. The van der Waals surface area contributed by atoms with E-state index in [9.17, 15) is 0 Å². The SMILES string of the molecule is CC.CCc1ccc2c(ccc3cc(C=Cc4ccc(C)cc4)ccc32)c1. The fourth-order valence-electron chi connectivity index (χ4n) is 3.33. The van der Waals surface area contributed by atoms with Gasteiger partial charge in [-0.2, -0.15) is 0 Å². The normalized spacial score (nSPS) is 11.0. The highest BCUT2D eigenvalue weighted by atomic mass is 14.1. The molecule has 0 atom stereocenters. The lowest BCUT2D eigenvalue weighted by Crippen LogP contribution is -1.83. The summed E-state index contributed by atoms with van der Waals surface area (Å²) in [7, 11) is 0. The molecule has 0 heteroatoms. The molecule has 0 aliphatic carbocycles. The first-order chi connectivity index (χ1) is 13.2. The van der Waals surface area contributed by atoms with Gasteiger partial charge in [0.1, 0.15) is 0 Å². The number of hydrogen-bond donors (Lipinski definition) is 0.